The van der Waals surface area contributed by atoms with E-state index in [4.69, 9.17) is 18.5 Å². The topological polar surface area (TPSA) is 79.2 Å². The highest BCUT2D eigenvalue weighted by molar-refractivity contribution is 7.87. The van der Waals surface area contributed by atoms with Gasteiger partial charge in [-0.2, -0.15) is 13.1 Å². The molecule has 226 valence electrons. The summed E-state index contributed by atoms with van der Waals surface area (Å²) in [6.07, 6.45) is 1.42. The van der Waals surface area contributed by atoms with Gasteiger partial charge >= 0.3 is 10.1 Å². The second-order valence-electron chi connectivity index (χ2n) is 11.0. The molecule has 5 aromatic rings. The molecule has 1 atom stereocenters. The van der Waals surface area contributed by atoms with Gasteiger partial charge in [0.1, 0.15) is 23.1 Å². The Labute approximate surface area is 255 Å². The number of rotatable bonds is 8. The van der Waals surface area contributed by atoms with Crippen LogP contribution in [-0.4, -0.2) is 38.8 Å². The Balaban J connectivity index is 1.29. The van der Waals surface area contributed by atoms with Gasteiger partial charge in [-0.25, -0.2) is 4.39 Å². The molecule has 2 aliphatic heterocycles. The van der Waals surface area contributed by atoms with Gasteiger partial charge in [-0.05, 0) is 83.6 Å². The maximum atomic E-state index is 13.9. The Morgan fingerprint density at radius 1 is 0.909 bits per heavy atom. The van der Waals surface area contributed by atoms with E-state index in [1.807, 2.05) is 36.4 Å². The van der Waals surface area contributed by atoms with Crippen LogP contribution in [0.15, 0.2) is 89.8 Å². The Hall–Kier alpha value is -4.54. The molecular weight excluding hydrogens is 583 g/mol. The quantitative estimate of drug-likeness (QED) is 0.217. The molecule has 3 heterocycles. The van der Waals surface area contributed by atoms with Crippen LogP contribution in [0.2, 0.25) is 0 Å². The van der Waals surface area contributed by atoms with Crippen LogP contribution in [0.4, 0.5) is 4.39 Å². The first-order valence-corrected chi connectivity index (χ1v) is 15.8. The van der Waals surface area contributed by atoms with Gasteiger partial charge in [0.15, 0.2) is 11.5 Å². The smallest absolute Gasteiger partial charge is 0.357 e. The van der Waals surface area contributed by atoms with Crippen molar-refractivity contribution in [3.63, 3.8) is 0 Å². The zero-order chi connectivity index (χ0) is 30.4. The summed E-state index contributed by atoms with van der Waals surface area (Å²) in [6, 6.07) is 24.5. The molecule has 0 aliphatic carbocycles. The number of hydrogen-bond donors (Lipinski definition) is 0. The zero-order valence-corrected chi connectivity index (χ0v) is 25.1. The largest absolute Gasteiger partial charge is 0.497 e. The first-order chi connectivity index (χ1) is 21.3. The average Bonchev–Trinajstić information content (AvgIpc) is 3.33. The summed E-state index contributed by atoms with van der Waals surface area (Å²) in [7, 11) is -1.08. The van der Waals surface area contributed by atoms with E-state index >= 15 is 0 Å². The Bertz CT molecular complexity index is 1980. The molecule has 1 unspecified atom stereocenters. The van der Waals surface area contributed by atoms with Gasteiger partial charge in [0.2, 0.25) is 0 Å². The number of nitrogens with zero attached hydrogens (tertiary/aromatic N) is 2. The van der Waals surface area contributed by atoms with Crippen molar-refractivity contribution in [3.8, 4) is 17.2 Å². The Morgan fingerprint density at radius 2 is 1.75 bits per heavy atom. The van der Waals surface area contributed by atoms with Crippen LogP contribution in [0, 0.1) is 5.82 Å². The molecule has 0 saturated heterocycles. The van der Waals surface area contributed by atoms with Crippen LogP contribution < -0.4 is 18.5 Å². The van der Waals surface area contributed by atoms with Gasteiger partial charge in [-0.3, -0.25) is 9.18 Å². The van der Waals surface area contributed by atoms with Gasteiger partial charge in [-0.15, -0.1) is 0 Å². The SMILES string of the molecule is COc1ccc2c(c1)c1c(n2OS(=O)(=O)c2cccc(F)c2)CN2CCc3cc(OC)c(OCc4ccccc4)cc3C2C1. The van der Waals surface area contributed by atoms with E-state index in [1.54, 1.807) is 26.4 Å². The monoisotopic (exact) mass is 614 g/mol. The van der Waals surface area contributed by atoms with E-state index < -0.39 is 15.9 Å². The molecule has 8 nitrogen and oxygen atoms in total. The van der Waals surface area contributed by atoms with Crippen molar-refractivity contribution in [2.45, 2.75) is 36.9 Å². The fraction of sp³-hybridized carbons (Fsp3) is 0.235. The molecule has 7 rings (SSSR count). The van der Waals surface area contributed by atoms with Crippen LogP contribution in [0.1, 0.15) is 34.0 Å². The third-order valence-corrected chi connectivity index (χ3v) is 9.66. The molecule has 0 radical (unpaired) electrons. The third-order valence-electron chi connectivity index (χ3n) is 8.48. The number of methoxy groups -OCH3 is 2. The second kappa shape index (κ2) is 11.2. The lowest BCUT2D eigenvalue weighted by molar-refractivity contribution is 0.144. The average molecular weight is 615 g/mol. The molecule has 44 heavy (non-hydrogen) atoms. The minimum Gasteiger partial charge on any atom is -0.497 e. The van der Waals surface area contributed by atoms with Crippen molar-refractivity contribution in [2.24, 2.45) is 0 Å². The predicted octanol–water partition coefficient (Wildman–Crippen LogP) is 5.85. The molecule has 0 fully saturated rings. The summed E-state index contributed by atoms with van der Waals surface area (Å²) in [4.78, 5) is 2.09. The predicted molar refractivity (Wildman–Crippen MR) is 163 cm³/mol. The van der Waals surface area contributed by atoms with E-state index in [0.717, 1.165) is 46.8 Å². The van der Waals surface area contributed by atoms with Crippen molar-refractivity contribution in [1.82, 2.24) is 9.63 Å². The van der Waals surface area contributed by atoms with Crippen LogP contribution in [0.25, 0.3) is 10.9 Å². The summed E-state index contributed by atoms with van der Waals surface area (Å²) in [6.45, 7) is 1.65. The van der Waals surface area contributed by atoms with E-state index in [0.29, 0.717) is 42.3 Å². The molecule has 2 aliphatic rings. The fourth-order valence-corrected chi connectivity index (χ4v) is 7.26. The van der Waals surface area contributed by atoms with Crippen LogP contribution in [0.3, 0.4) is 0 Å². The van der Waals surface area contributed by atoms with Crippen molar-refractivity contribution < 1.29 is 31.3 Å². The number of aromatic nitrogens is 1. The summed E-state index contributed by atoms with van der Waals surface area (Å²) < 4.78 is 65.3. The molecule has 0 bridgehead atoms. The van der Waals surface area contributed by atoms with E-state index in [9.17, 15) is 12.8 Å². The fourth-order valence-electron chi connectivity index (χ4n) is 6.30. The van der Waals surface area contributed by atoms with Crippen molar-refractivity contribution in [2.75, 3.05) is 20.8 Å². The lowest BCUT2D eigenvalue weighted by Crippen LogP contribution is -2.40. The van der Waals surface area contributed by atoms with E-state index in [2.05, 4.69) is 17.0 Å². The van der Waals surface area contributed by atoms with Gasteiger partial charge < -0.3 is 14.2 Å². The van der Waals surface area contributed by atoms with Crippen molar-refractivity contribution in [3.05, 3.63) is 119 Å². The van der Waals surface area contributed by atoms with Gasteiger partial charge in [0.25, 0.3) is 0 Å². The zero-order valence-electron chi connectivity index (χ0n) is 24.3. The Morgan fingerprint density at radius 3 is 2.52 bits per heavy atom. The van der Waals surface area contributed by atoms with Crippen LogP contribution >= 0.6 is 0 Å². The number of hydrogen-bond acceptors (Lipinski definition) is 7. The highest BCUT2D eigenvalue weighted by Gasteiger charge is 2.37. The van der Waals surface area contributed by atoms with E-state index in [1.165, 1.54) is 28.5 Å². The number of fused-ring (bicyclic) bond motifs is 6. The minimum absolute atomic E-state index is 0.0290. The first-order valence-electron chi connectivity index (χ1n) is 14.4. The molecular formula is C34H31FN2O6S. The molecule has 0 amide bonds. The third kappa shape index (κ3) is 5.03. The second-order valence-corrected chi connectivity index (χ2v) is 12.5. The molecule has 0 spiro atoms. The van der Waals surface area contributed by atoms with Crippen LogP contribution in [0.5, 0.6) is 17.2 Å². The van der Waals surface area contributed by atoms with Crippen LogP contribution in [-0.2, 0) is 36.1 Å². The lowest BCUT2D eigenvalue weighted by Gasteiger charge is -2.41. The Kier molecular flexibility index (Phi) is 7.18. The lowest BCUT2D eigenvalue weighted by atomic mass is 9.85. The van der Waals surface area contributed by atoms with Gasteiger partial charge in [0.05, 0.1) is 25.4 Å². The number of ether oxygens (including phenoxy) is 3. The summed E-state index contributed by atoms with van der Waals surface area (Å²) in [5.41, 5.74) is 5.73. The maximum Gasteiger partial charge on any atom is 0.357 e. The maximum absolute atomic E-state index is 13.9. The minimum atomic E-state index is -4.32. The normalized spacial score (nSPS) is 16.1. The van der Waals surface area contributed by atoms with Gasteiger partial charge in [0, 0.05) is 24.5 Å². The number of halogens is 1. The molecule has 0 N–H and O–H groups in total. The molecule has 4 aromatic carbocycles. The van der Waals surface area contributed by atoms with Gasteiger partial charge in [-0.1, -0.05) is 36.4 Å². The summed E-state index contributed by atoms with van der Waals surface area (Å²) >= 11 is 0. The summed E-state index contributed by atoms with van der Waals surface area (Å²) in [5, 5.41) is 0.842. The standard InChI is InChI=1S/C34H31FN2O6S/c1-40-25-11-12-30-28(17-25)29-18-31-27-19-34(42-21-22-7-4-3-5-8-22)33(41-2)15-23(27)13-14-36(31)20-32(29)37(30)43-44(38,39)26-10-6-9-24(35)16-26/h3-12,15-17,19,31H,13-14,18,20-21H2,1-2H3. The summed E-state index contributed by atoms with van der Waals surface area (Å²) in [5.74, 6) is 1.37. The molecule has 0 saturated carbocycles. The number of benzene rings is 4. The first kappa shape index (κ1) is 28.2. The van der Waals surface area contributed by atoms with E-state index in [-0.39, 0.29) is 10.9 Å². The molecule has 1 aromatic heterocycles. The highest BCUT2D eigenvalue weighted by atomic mass is 32.2. The molecule has 10 heteroatoms. The van der Waals surface area contributed by atoms with Crippen molar-refractivity contribution in [1.29, 1.82) is 0 Å². The highest BCUT2D eigenvalue weighted by Crippen LogP contribution is 2.45. The van der Waals surface area contributed by atoms with Crippen molar-refractivity contribution >= 4 is 21.0 Å².